The number of amides is 1. The molecule has 0 saturated heterocycles. The molecule has 8 nitrogen and oxygen atoms in total. The van der Waals surface area contributed by atoms with E-state index in [1.165, 1.54) is 12.4 Å². The number of benzene rings is 1. The maximum atomic E-state index is 14.2. The number of rotatable bonds is 4. The Hall–Kier alpha value is -2.33. The third-order valence-corrected chi connectivity index (χ3v) is 5.07. The molecule has 1 atom stereocenters. The zero-order valence-corrected chi connectivity index (χ0v) is 12.9. The Balaban J connectivity index is 1.92. The maximum Gasteiger partial charge on any atom is 0.244 e. The summed E-state index contributed by atoms with van der Waals surface area (Å²) in [6.45, 7) is 1.56. The molecule has 122 valence electrons. The largest absolute Gasteiger partial charge is 0.326 e. The van der Waals surface area contributed by atoms with Gasteiger partial charge in [0.1, 0.15) is 22.9 Å². The quantitative estimate of drug-likeness (QED) is 0.764. The summed E-state index contributed by atoms with van der Waals surface area (Å²) in [6, 6.07) is 1.58. The molecule has 1 unspecified atom stereocenters. The number of aryl methyl sites for hydroxylation is 1. The van der Waals surface area contributed by atoms with Crippen LogP contribution in [-0.2, 0) is 21.2 Å². The van der Waals surface area contributed by atoms with Crippen molar-refractivity contribution < 1.29 is 17.6 Å². The summed E-state index contributed by atoms with van der Waals surface area (Å²) in [6.07, 6.45) is 1.85. The van der Waals surface area contributed by atoms with Gasteiger partial charge in [-0.05, 0) is 31.0 Å². The lowest BCUT2D eigenvalue weighted by Gasteiger charge is -2.19. The number of anilines is 1. The van der Waals surface area contributed by atoms with Crippen molar-refractivity contribution in [3.8, 4) is 0 Å². The summed E-state index contributed by atoms with van der Waals surface area (Å²) in [5.41, 5.74) is 0.889. The number of H-pyrrole nitrogens is 1. The monoisotopic (exact) mass is 339 g/mol. The number of nitrogens with one attached hydrogen (secondary N) is 3. The highest BCUT2D eigenvalue weighted by Crippen LogP contribution is 2.28. The molecule has 1 amide bonds. The van der Waals surface area contributed by atoms with Crippen molar-refractivity contribution >= 4 is 21.6 Å². The summed E-state index contributed by atoms with van der Waals surface area (Å²) in [5.74, 6) is -0.827. The maximum absolute atomic E-state index is 14.2. The van der Waals surface area contributed by atoms with Crippen molar-refractivity contribution in [3.05, 3.63) is 35.7 Å². The van der Waals surface area contributed by atoms with Gasteiger partial charge in [-0.15, -0.1) is 0 Å². The number of aromatic nitrogens is 3. The van der Waals surface area contributed by atoms with Crippen LogP contribution in [0.5, 0.6) is 0 Å². The number of halogens is 1. The van der Waals surface area contributed by atoms with Gasteiger partial charge < -0.3 is 5.32 Å². The van der Waals surface area contributed by atoms with Crippen molar-refractivity contribution in [1.82, 2.24) is 19.9 Å². The highest BCUT2D eigenvalue weighted by molar-refractivity contribution is 7.89. The van der Waals surface area contributed by atoms with Crippen molar-refractivity contribution in [1.29, 1.82) is 0 Å². The molecule has 0 spiro atoms. The molecule has 1 aliphatic rings. The lowest BCUT2D eigenvalue weighted by Crippen LogP contribution is -2.29. The van der Waals surface area contributed by atoms with Gasteiger partial charge in [0.15, 0.2) is 0 Å². The number of hydrogen-bond donors (Lipinski definition) is 3. The summed E-state index contributed by atoms with van der Waals surface area (Å²) < 4.78 is 41.3. The van der Waals surface area contributed by atoms with Crippen molar-refractivity contribution in [3.63, 3.8) is 0 Å². The molecule has 0 radical (unpaired) electrons. The number of carbonyl (C=O) groups is 1. The number of carbonyl (C=O) groups excluding carboxylic acids is 1. The van der Waals surface area contributed by atoms with Crippen LogP contribution in [0.15, 0.2) is 23.4 Å². The SMILES string of the molecule is CC(NS(=O)(=O)c1cc2c(cc1F)NC(=O)CC2)c1ncn[nH]1. The number of aromatic amines is 1. The fraction of sp³-hybridized carbons (Fsp3) is 0.308. The van der Waals surface area contributed by atoms with E-state index in [4.69, 9.17) is 0 Å². The zero-order valence-electron chi connectivity index (χ0n) is 12.1. The lowest BCUT2D eigenvalue weighted by atomic mass is 10.0. The van der Waals surface area contributed by atoms with Crippen LogP contribution < -0.4 is 10.0 Å². The van der Waals surface area contributed by atoms with Crippen LogP contribution in [0.3, 0.4) is 0 Å². The van der Waals surface area contributed by atoms with E-state index in [0.717, 1.165) is 6.07 Å². The van der Waals surface area contributed by atoms with Crippen LogP contribution in [0.25, 0.3) is 0 Å². The van der Waals surface area contributed by atoms with Crippen LogP contribution in [0.1, 0.15) is 30.8 Å². The van der Waals surface area contributed by atoms with Crippen LogP contribution in [0, 0.1) is 5.82 Å². The van der Waals surface area contributed by atoms with Crippen LogP contribution in [0.4, 0.5) is 10.1 Å². The molecule has 0 fully saturated rings. The minimum absolute atomic E-state index is 0.218. The van der Waals surface area contributed by atoms with Crippen molar-refractivity contribution in [2.75, 3.05) is 5.32 Å². The van der Waals surface area contributed by atoms with E-state index in [1.807, 2.05) is 0 Å². The second-order valence-corrected chi connectivity index (χ2v) is 6.88. The molecule has 1 aliphatic heterocycles. The molecule has 2 heterocycles. The van der Waals surface area contributed by atoms with Gasteiger partial charge in [0.05, 0.1) is 6.04 Å². The van der Waals surface area contributed by atoms with Crippen LogP contribution in [-0.4, -0.2) is 29.5 Å². The van der Waals surface area contributed by atoms with Gasteiger partial charge in [0, 0.05) is 12.1 Å². The molecular formula is C13H14FN5O3S. The predicted octanol–water partition coefficient (Wildman–Crippen LogP) is 0.868. The van der Waals surface area contributed by atoms with E-state index < -0.39 is 26.8 Å². The Bertz CT molecular complexity index is 851. The van der Waals surface area contributed by atoms with E-state index in [1.54, 1.807) is 6.92 Å². The fourth-order valence-electron chi connectivity index (χ4n) is 2.36. The van der Waals surface area contributed by atoms with E-state index in [2.05, 4.69) is 25.2 Å². The fourth-order valence-corrected chi connectivity index (χ4v) is 3.68. The summed E-state index contributed by atoms with van der Waals surface area (Å²) >= 11 is 0. The van der Waals surface area contributed by atoms with Crippen LogP contribution in [0.2, 0.25) is 0 Å². The first-order valence-electron chi connectivity index (χ1n) is 6.86. The first-order valence-corrected chi connectivity index (χ1v) is 8.35. The van der Waals surface area contributed by atoms with Gasteiger partial charge in [-0.2, -0.15) is 5.10 Å². The van der Waals surface area contributed by atoms with E-state index >= 15 is 0 Å². The predicted molar refractivity (Wildman–Crippen MR) is 78.5 cm³/mol. The van der Waals surface area contributed by atoms with E-state index in [-0.39, 0.29) is 12.3 Å². The van der Waals surface area contributed by atoms with E-state index in [0.29, 0.717) is 23.5 Å². The molecule has 3 N–H and O–H groups in total. The summed E-state index contributed by atoms with van der Waals surface area (Å²) in [4.78, 5) is 14.7. The Labute approximate surface area is 131 Å². The summed E-state index contributed by atoms with van der Waals surface area (Å²) in [5, 5.41) is 8.72. The average molecular weight is 339 g/mol. The molecular weight excluding hydrogens is 325 g/mol. The Morgan fingerprint density at radius 1 is 1.35 bits per heavy atom. The molecule has 0 saturated carbocycles. The Morgan fingerprint density at radius 3 is 2.83 bits per heavy atom. The van der Waals surface area contributed by atoms with Gasteiger partial charge in [-0.25, -0.2) is 22.5 Å². The van der Waals surface area contributed by atoms with Gasteiger partial charge in [0.25, 0.3) is 0 Å². The van der Waals surface area contributed by atoms with Crippen LogP contribution >= 0.6 is 0 Å². The second-order valence-electron chi connectivity index (χ2n) is 5.20. The highest BCUT2D eigenvalue weighted by atomic mass is 32.2. The molecule has 1 aromatic carbocycles. The smallest absolute Gasteiger partial charge is 0.244 e. The van der Waals surface area contributed by atoms with Gasteiger partial charge in [0.2, 0.25) is 15.9 Å². The first kappa shape index (κ1) is 15.6. The number of nitrogens with zero attached hydrogens (tertiary/aromatic N) is 2. The lowest BCUT2D eigenvalue weighted by molar-refractivity contribution is -0.116. The third-order valence-electron chi connectivity index (χ3n) is 3.52. The number of sulfonamides is 1. The first-order chi connectivity index (χ1) is 10.9. The third kappa shape index (κ3) is 3.08. The highest BCUT2D eigenvalue weighted by Gasteiger charge is 2.26. The number of fused-ring (bicyclic) bond motifs is 1. The molecule has 0 aliphatic carbocycles. The summed E-state index contributed by atoms with van der Waals surface area (Å²) in [7, 11) is -4.09. The molecule has 3 rings (SSSR count). The average Bonchev–Trinajstić information content (AvgIpc) is 3.00. The van der Waals surface area contributed by atoms with Gasteiger partial charge >= 0.3 is 0 Å². The van der Waals surface area contributed by atoms with Gasteiger partial charge in [-0.3, -0.25) is 9.89 Å². The zero-order chi connectivity index (χ0) is 16.6. The minimum Gasteiger partial charge on any atom is -0.326 e. The Morgan fingerprint density at radius 2 is 2.13 bits per heavy atom. The molecule has 2 aromatic rings. The standard InChI is InChI=1S/C13H14FN5O3S/c1-7(13-15-6-16-18-13)19-23(21,22)11-4-8-2-3-12(20)17-10(8)5-9(11)14/h4-7,19H,2-3H2,1H3,(H,17,20)(H,15,16,18). The second kappa shape index (κ2) is 5.70. The Kier molecular flexibility index (Phi) is 3.86. The van der Waals surface area contributed by atoms with Gasteiger partial charge in [-0.1, -0.05) is 0 Å². The van der Waals surface area contributed by atoms with Crippen molar-refractivity contribution in [2.24, 2.45) is 0 Å². The van der Waals surface area contributed by atoms with Crippen molar-refractivity contribution in [2.45, 2.75) is 30.7 Å². The topological polar surface area (TPSA) is 117 Å². The molecule has 10 heteroatoms. The molecule has 1 aromatic heterocycles. The van der Waals surface area contributed by atoms with E-state index in [9.17, 15) is 17.6 Å². The molecule has 0 bridgehead atoms. The number of hydrogen-bond acceptors (Lipinski definition) is 5. The minimum atomic E-state index is -4.09. The normalized spacial score (nSPS) is 15.8. The molecule has 23 heavy (non-hydrogen) atoms.